The highest BCUT2D eigenvalue weighted by molar-refractivity contribution is 6.30. The third-order valence-corrected chi connectivity index (χ3v) is 7.02. The second-order valence-electron chi connectivity index (χ2n) is 9.23. The molecule has 1 unspecified atom stereocenters. The number of benzene rings is 2. The van der Waals surface area contributed by atoms with Crippen LogP contribution in [0.3, 0.4) is 0 Å². The van der Waals surface area contributed by atoms with Crippen molar-refractivity contribution >= 4 is 41.0 Å². The van der Waals surface area contributed by atoms with E-state index < -0.39 is 12.0 Å². The molecule has 3 heterocycles. The Labute approximate surface area is 249 Å². The number of esters is 1. The van der Waals surface area contributed by atoms with Gasteiger partial charge in [0.1, 0.15) is 18.7 Å². The Morgan fingerprint density at radius 1 is 1.17 bits per heavy atom. The van der Waals surface area contributed by atoms with Crippen LogP contribution < -0.4 is 15.4 Å². The molecule has 13 nitrogen and oxygen atoms in total. The summed E-state index contributed by atoms with van der Waals surface area (Å²) in [6, 6.07) is 10.8. The molecular weight excluding hydrogens is 587 g/mol. The van der Waals surface area contributed by atoms with Gasteiger partial charge in [0.05, 0.1) is 43.1 Å². The van der Waals surface area contributed by atoms with Crippen molar-refractivity contribution in [2.75, 3.05) is 20.3 Å². The van der Waals surface area contributed by atoms with Crippen molar-refractivity contribution < 1.29 is 23.9 Å². The average Bonchev–Trinajstić information content (AvgIpc) is 3.52. The number of carbonyl (C=O) groups excluding carboxylic acids is 3. The first-order valence-electron chi connectivity index (χ1n) is 12.8. The van der Waals surface area contributed by atoms with Gasteiger partial charge >= 0.3 is 5.97 Å². The van der Waals surface area contributed by atoms with Gasteiger partial charge in [-0.05, 0) is 64.9 Å². The number of hydrogen-bond acceptors (Lipinski definition) is 10. The zero-order valence-corrected chi connectivity index (χ0v) is 23.7. The maximum atomic E-state index is 13.2. The van der Waals surface area contributed by atoms with Crippen molar-refractivity contribution in [1.82, 2.24) is 41.0 Å². The fourth-order valence-corrected chi connectivity index (χ4v) is 4.90. The number of rotatable bonds is 6. The third kappa shape index (κ3) is 6.64. The number of aromatic nitrogens is 6. The number of amides is 2. The molecule has 0 aliphatic carbocycles. The number of nitrogens with one attached hydrogen (secondary N) is 2. The number of carbonyl (C=O) groups is 3. The summed E-state index contributed by atoms with van der Waals surface area (Å²) in [5.41, 5.74) is 3.04. The molecule has 1 aliphatic heterocycles. The van der Waals surface area contributed by atoms with Crippen molar-refractivity contribution in [2.45, 2.75) is 25.3 Å². The molecule has 2 bridgehead atoms. The van der Waals surface area contributed by atoms with Crippen LogP contribution in [-0.4, -0.2) is 68.4 Å². The Balaban J connectivity index is 1.42. The van der Waals surface area contributed by atoms with Crippen LogP contribution in [0.15, 0.2) is 48.8 Å². The Hall–Kier alpha value is -4.62. The van der Waals surface area contributed by atoms with E-state index in [2.05, 4.69) is 36.4 Å². The van der Waals surface area contributed by atoms with E-state index in [9.17, 15) is 14.4 Å². The van der Waals surface area contributed by atoms with Gasteiger partial charge < -0.3 is 20.1 Å². The minimum absolute atomic E-state index is 0.0263. The van der Waals surface area contributed by atoms with Gasteiger partial charge in [0, 0.05) is 22.6 Å². The van der Waals surface area contributed by atoms with Gasteiger partial charge in [0.2, 0.25) is 11.8 Å². The van der Waals surface area contributed by atoms with Crippen LogP contribution in [-0.2, 0) is 20.7 Å². The van der Waals surface area contributed by atoms with Crippen LogP contribution >= 0.6 is 23.2 Å². The summed E-state index contributed by atoms with van der Waals surface area (Å²) in [6.07, 6.45) is 1.74. The van der Waals surface area contributed by atoms with E-state index in [0.717, 1.165) is 5.56 Å². The maximum absolute atomic E-state index is 13.2. The minimum atomic E-state index is -0.810. The fourth-order valence-electron chi connectivity index (χ4n) is 4.48. The van der Waals surface area contributed by atoms with Crippen LogP contribution in [0, 0.1) is 0 Å². The lowest BCUT2D eigenvalue weighted by Crippen LogP contribution is -2.35. The van der Waals surface area contributed by atoms with E-state index in [0.29, 0.717) is 39.7 Å². The molecule has 2 N–H and O–H groups in total. The van der Waals surface area contributed by atoms with E-state index in [-0.39, 0.29) is 48.5 Å². The van der Waals surface area contributed by atoms with Gasteiger partial charge in [-0.15, -0.1) is 15.3 Å². The largest absolute Gasteiger partial charge is 0.491 e. The van der Waals surface area contributed by atoms with Gasteiger partial charge in [0.25, 0.3) is 0 Å². The zero-order valence-electron chi connectivity index (χ0n) is 22.2. The molecule has 1 atom stereocenters. The molecule has 0 saturated heterocycles. The van der Waals surface area contributed by atoms with E-state index in [1.54, 1.807) is 36.4 Å². The molecule has 216 valence electrons. The summed E-state index contributed by atoms with van der Waals surface area (Å²) in [6.45, 7) is 0.306. The number of fused-ring (bicyclic) bond motifs is 4. The second kappa shape index (κ2) is 12.9. The van der Waals surface area contributed by atoms with Crippen LogP contribution in [0.2, 0.25) is 10.2 Å². The number of ether oxygens (including phenoxy) is 2. The molecule has 0 spiro atoms. The van der Waals surface area contributed by atoms with Crippen molar-refractivity contribution in [3.05, 3.63) is 75.7 Å². The smallest absolute Gasteiger partial charge is 0.337 e. The molecule has 42 heavy (non-hydrogen) atoms. The number of methoxy groups -OCH3 is 1. The molecule has 2 aromatic heterocycles. The maximum Gasteiger partial charge on any atom is 0.337 e. The molecule has 0 radical (unpaired) electrons. The van der Waals surface area contributed by atoms with E-state index in [1.807, 2.05) is 0 Å². The van der Waals surface area contributed by atoms with Crippen molar-refractivity contribution in [3.8, 4) is 22.7 Å². The van der Waals surface area contributed by atoms with Crippen molar-refractivity contribution in [2.24, 2.45) is 0 Å². The first-order chi connectivity index (χ1) is 20.3. The van der Waals surface area contributed by atoms with Crippen LogP contribution in [0.5, 0.6) is 5.75 Å². The number of hydrogen-bond donors (Lipinski definition) is 2. The van der Waals surface area contributed by atoms with Gasteiger partial charge in [0.15, 0.2) is 5.15 Å². The molecule has 15 heteroatoms. The van der Waals surface area contributed by atoms with Crippen molar-refractivity contribution in [1.29, 1.82) is 0 Å². The number of halogens is 2. The van der Waals surface area contributed by atoms with Gasteiger partial charge in [-0.25, -0.2) is 9.48 Å². The Bertz CT molecular complexity index is 1630. The molecule has 5 rings (SSSR count). The summed E-state index contributed by atoms with van der Waals surface area (Å²) in [4.78, 5) is 38.1. The van der Waals surface area contributed by atoms with Crippen LogP contribution in [0.1, 0.15) is 40.4 Å². The highest BCUT2D eigenvalue weighted by Gasteiger charge is 2.25. The predicted molar refractivity (Wildman–Crippen MR) is 150 cm³/mol. The normalized spacial score (nSPS) is 14.8. The Morgan fingerprint density at radius 2 is 2.02 bits per heavy atom. The van der Waals surface area contributed by atoms with Gasteiger partial charge in [-0.2, -0.15) is 0 Å². The Kier molecular flexibility index (Phi) is 8.88. The number of nitrogens with zero attached hydrogens (tertiary/aromatic N) is 6. The highest BCUT2D eigenvalue weighted by Crippen LogP contribution is 2.34. The minimum Gasteiger partial charge on any atom is -0.491 e. The summed E-state index contributed by atoms with van der Waals surface area (Å²) >= 11 is 12.7. The number of tetrazole rings is 1. The molecule has 1 aliphatic rings. The quantitative estimate of drug-likeness (QED) is 0.310. The van der Waals surface area contributed by atoms with Gasteiger partial charge in [-0.3, -0.25) is 9.59 Å². The first kappa shape index (κ1) is 28.9. The summed E-state index contributed by atoms with van der Waals surface area (Å²) in [5, 5.41) is 25.8. The first-order valence-corrected chi connectivity index (χ1v) is 13.5. The van der Waals surface area contributed by atoms with E-state index >= 15 is 0 Å². The average molecular weight is 611 g/mol. The monoisotopic (exact) mass is 610 g/mol. The molecule has 0 fully saturated rings. The van der Waals surface area contributed by atoms with Crippen LogP contribution in [0.25, 0.3) is 16.9 Å². The second-order valence-corrected chi connectivity index (χ2v) is 10.0. The lowest BCUT2D eigenvalue weighted by Gasteiger charge is -2.22. The van der Waals surface area contributed by atoms with E-state index in [1.165, 1.54) is 24.2 Å². The standard InChI is InChI=1S/C27H24Cl2N8O5/c1-41-27(40)16-2-5-18-21-12-19(26(29)34-33-21)20(13-25(39)30-8-9-42-23(18)11-16)32-24(38)7-3-15-10-17(28)4-6-22(15)37-14-31-35-36-37/h2,4-6,10-12,14,20H,3,7-9,13H2,1H3,(H,30,39)(H,32,38). The van der Waals surface area contributed by atoms with Crippen LogP contribution in [0.4, 0.5) is 0 Å². The summed E-state index contributed by atoms with van der Waals surface area (Å²) in [5.74, 6) is -0.855. The Morgan fingerprint density at radius 3 is 2.81 bits per heavy atom. The summed E-state index contributed by atoms with van der Waals surface area (Å²) in [7, 11) is 1.28. The number of aryl methyl sites for hydroxylation is 1. The molecule has 2 amide bonds. The zero-order chi connectivity index (χ0) is 29.6. The topological polar surface area (TPSA) is 163 Å². The molecular formula is C27H24Cl2N8O5. The molecule has 4 aromatic rings. The predicted octanol–water partition coefficient (Wildman–Crippen LogP) is 2.90. The van der Waals surface area contributed by atoms with Gasteiger partial charge in [-0.1, -0.05) is 23.2 Å². The molecule has 0 saturated carbocycles. The highest BCUT2D eigenvalue weighted by atomic mass is 35.5. The third-order valence-electron chi connectivity index (χ3n) is 6.50. The van der Waals surface area contributed by atoms with E-state index in [4.69, 9.17) is 32.7 Å². The SMILES string of the molecule is COC(=O)c1ccc2c(c1)OCCNC(=O)CC(NC(=O)CCc1cc(Cl)ccc1-n1cnnn1)c1cc-2nnc1Cl. The molecule has 2 aromatic carbocycles. The lowest BCUT2D eigenvalue weighted by molar-refractivity contribution is -0.123. The fraction of sp³-hybridized carbons (Fsp3) is 0.259. The summed E-state index contributed by atoms with van der Waals surface area (Å²) < 4.78 is 12.2. The van der Waals surface area contributed by atoms with Crippen molar-refractivity contribution in [3.63, 3.8) is 0 Å². The lowest BCUT2D eigenvalue weighted by atomic mass is 10.0.